The molecule has 1 heterocycles. The van der Waals surface area contributed by atoms with Crippen molar-refractivity contribution in [3.05, 3.63) is 45.9 Å². The Morgan fingerprint density at radius 1 is 1.41 bits per heavy atom. The summed E-state index contributed by atoms with van der Waals surface area (Å²) in [5.74, 6) is 0. The van der Waals surface area contributed by atoms with Crippen LogP contribution in [0.5, 0.6) is 0 Å². The van der Waals surface area contributed by atoms with Crippen LogP contribution in [-0.2, 0) is 17.3 Å². The highest BCUT2D eigenvalue weighted by molar-refractivity contribution is 7.09. The maximum absolute atomic E-state index is 12.6. The van der Waals surface area contributed by atoms with Crippen LogP contribution in [0.2, 0.25) is 0 Å². The van der Waals surface area contributed by atoms with E-state index in [1.54, 1.807) is 5.51 Å². The number of carbonyl (C=O) groups is 1. The molecule has 0 spiro atoms. The van der Waals surface area contributed by atoms with E-state index < -0.39 is 17.8 Å². The lowest BCUT2D eigenvalue weighted by atomic mass is 10.2. The zero-order chi connectivity index (χ0) is 16.2. The number of hydrogen-bond donors (Lipinski definition) is 1. The SMILES string of the molecule is Cc1ncsc1CCOC(=O)Nc1cccc(C(F)(F)F)c1. The van der Waals surface area contributed by atoms with Crippen molar-refractivity contribution in [3.63, 3.8) is 0 Å². The number of ether oxygens (including phenoxy) is 1. The molecule has 1 N–H and O–H groups in total. The van der Waals surface area contributed by atoms with Crippen LogP contribution < -0.4 is 5.32 Å². The Labute approximate surface area is 128 Å². The molecule has 2 aromatic rings. The Morgan fingerprint density at radius 3 is 2.82 bits per heavy atom. The highest BCUT2D eigenvalue weighted by Crippen LogP contribution is 2.30. The predicted octanol–water partition coefficient (Wildman–Crippen LogP) is 4.26. The molecule has 0 aliphatic carbocycles. The molecule has 2 rings (SSSR count). The Morgan fingerprint density at radius 2 is 2.18 bits per heavy atom. The van der Waals surface area contributed by atoms with E-state index in [-0.39, 0.29) is 12.3 Å². The second-order valence-electron chi connectivity index (χ2n) is 4.45. The van der Waals surface area contributed by atoms with Gasteiger partial charge in [-0.3, -0.25) is 5.32 Å². The molecule has 1 amide bonds. The molecule has 4 nitrogen and oxygen atoms in total. The van der Waals surface area contributed by atoms with Gasteiger partial charge in [0.25, 0.3) is 0 Å². The van der Waals surface area contributed by atoms with Gasteiger partial charge in [-0.2, -0.15) is 13.2 Å². The highest BCUT2D eigenvalue weighted by Gasteiger charge is 2.30. The van der Waals surface area contributed by atoms with Gasteiger partial charge in [0, 0.05) is 17.0 Å². The van der Waals surface area contributed by atoms with Crippen molar-refractivity contribution in [1.82, 2.24) is 4.98 Å². The molecule has 0 fully saturated rings. The molecule has 0 unspecified atom stereocenters. The minimum atomic E-state index is -4.45. The molecular weight excluding hydrogens is 317 g/mol. The van der Waals surface area contributed by atoms with Gasteiger partial charge in [0.1, 0.15) is 0 Å². The Balaban J connectivity index is 1.86. The molecule has 1 aromatic carbocycles. The first-order valence-corrected chi connectivity index (χ1v) is 7.24. The van der Waals surface area contributed by atoms with Gasteiger partial charge < -0.3 is 4.74 Å². The largest absolute Gasteiger partial charge is 0.449 e. The van der Waals surface area contributed by atoms with Crippen molar-refractivity contribution in [3.8, 4) is 0 Å². The first-order chi connectivity index (χ1) is 10.4. The Kier molecular flexibility index (Phi) is 5.02. The normalized spacial score (nSPS) is 11.3. The summed E-state index contributed by atoms with van der Waals surface area (Å²) in [4.78, 5) is 16.6. The maximum atomic E-state index is 12.6. The third-order valence-corrected chi connectivity index (χ3v) is 3.84. The highest BCUT2D eigenvalue weighted by atomic mass is 32.1. The van der Waals surface area contributed by atoms with Crippen molar-refractivity contribution in [2.24, 2.45) is 0 Å². The van der Waals surface area contributed by atoms with Crippen LogP contribution in [0, 0.1) is 6.92 Å². The van der Waals surface area contributed by atoms with E-state index in [4.69, 9.17) is 4.74 Å². The lowest BCUT2D eigenvalue weighted by Gasteiger charge is -2.10. The average Bonchev–Trinajstić information content (AvgIpc) is 2.84. The van der Waals surface area contributed by atoms with E-state index >= 15 is 0 Å². The van der Waals surface area contributed by atoms with Crippen molar-refractivity contribution in [1.29, 1.82) is 0 Å². The fourth-order valence-corrected chi connectivity index (χ4v) is 2.49. The van der Waals surface area contributed by atoms with Crippen LogP contribution in [0.4, 0.5) is 23.7 Å². The fourth-order valence-electron chi connectivity index (χ4n) is 1.73. The van der Waals surface area contributed by atoms with Crippen LogP contribution in [0.15, 0.2) is 29.8 Å². The monoisotopic (exact) mass is 330 g/mol. The topological polar surface area (TPSA) is 51.2 Å². The number of nitrogens with zero attached hydrogens (tertiary/aromatic N) is 1. The lowest BCUT2D eigenvalue weighted by molar-refractivity contribution is -0.137. The maximum Gasteiger partial charge on any atom is 0.416 e. The number of alkyl halides is 3. The summed E-state index contributed by atoms with van der Waals surface area (Å²) in [6.45, 7) is 1.99. The summed E-state index contributed by atoms with van der Waals surface area (Å²) < 4.78 is 42.6. The molecule has 8 heteroatoms. The Hall–Kier alpha value is -2.09. The molecule has 0 saturated heterocycles. The molecule has 0 aliphatic heterocycles. The average molecular weight is 330 g/mol. The van der Waals surface area contributed by atoms with E-state index in [1.165, 1.54) is 23.5 Å². The van der Waals surface area contributed by atoms with E-state index in [0.29, 0.717) is 6.42 Å². The van der Waals surface area contributed by atoms with Crippen molar-refractivity contribution in [2.75, 3.05) is 11.9 Å². The number of aryl methyl sites for hydroxylation is 1. The van der Waals surface area contributed by atoms with Crippen molar-refractivity contribution >= 4 is 23.1 Å². The molecular formula is C14H13F3N2O2S. The number of amides is 1. The molecule has 1 aromatic heterocycles. The number of benzene rings is 1. The third-order valence-electron chi connectivity index (χ3n) is 2.84. The van der Waals surface area contributed by atoms with E-state index in [2.05, 4.69) is 10.3 Å². The van der Waals surface area contributed by atoms with Gasteiger partial charge in [-0.05, 0) is 25.1 Å². The van der Waals surface area contributed by atoms with Gasteiger partial charge in [-0.15, -0.1) is 11.3 Å². The van der Waals surface area contributed by atoms with Crippen molar-refractivity contribution < 1.29 is 22.7 Å². The van der Waals surface area contributed by atoms with Gasteiger partial charge in [0.15, 0.2) is 0 Å². The second-order valence-corrected chi connectivity index (χ2v) is 5.39. The quantitative estimate of drug-likeness (QED) is 0.911. The zero-order valence-electron chi connectivity index (χ0n) is 11.6. The van der Waals surface area contributed by atoms with E-state index in [0.717, 1.165) is 22.7 Å². The molecule has 0 saturated carbocycles. The van der Waals surface area contributed by atoms with Gasteiger partial charge in [0.05, 0.1) is 23.4 Å². The number of thiazole rings is 1. The standard InChI is InChI=1S/C14H13F3N2O2S/c1-9-12(22-8-18-9)5-6-21-13(20)19-11-4-2-3-10(7-11)14(15,16)17/h2-4,7-8H,5-6H2,1H3,(H,19,20). The summed E-state index contributed by atoms with van der Waals surface area (Å²) in [6.07, 6.45) is -4.72. The minimum absolute atomic E-state index is 0.0359. The zero-order valence-corrected chi connectivity index (χ0v) is 12.4. The molecule has 0 radical (unpaired) electrons. The summed E-state index contributed by atoms with van der Waals surface area (Å²) in [5, 5.41) is 2.28. The van der Waals surface area contributed by atoms with Gasteiger partial charge >= 0.3 is 12.3 Å². The number of nitrogens with one attached hydrogen (secondary N) is 1. The lowest BCUT2D eigenvalue weighted by Crippen LogP contribution is -2.16. The van der Waals surface area contributed by atoms with Crippen LogP contribution >= 0.6 is 11.3 Å². The molecule has 22 heavy (non-hydrogen) atoms. The Bertz CT molecular complexity index is 656. The number of rotatable bonds is 4. The van der Waals surface area contributed by atoms with E-state index in [9.17, 15) is 18.0 Å². The van der Waals surface area contributed by atoms with E-state index in [1.807, 2.05) is 6.92 Å². The summed E-state index contributed by atoms with van der Waals surface area (Å²) in [6, 6.07) is 4.38. The van der Waals surface area contributed by atoms with Crippen LogP contribution in [0.1, 0.15) is 16.1 Å². The number of halogens is 3. The third kappa shape index (κ3) is 4.45. The number of hydrogen-bond acceptors (Lipinski definition) is 4. The second kappa shape index (κ2) is 6.78. The minimum Gasteiger partial charge on any atom is -0.449 e. The summed E-state index contributed by atoms with van der Waals surface area (Å²) in [7, 11) is 0. The number of anilines is 1. The molecule has 0 atom stereocenters. The first kappa shape index (κ1) is 16.3. The number of carbonyl (C=O) groups excluding carboxylic acids is 1. The number of aromatic nitrogens is 1. The van der Waals surface area contributed by atoms with Crippen LogP contribution in [-0.4, -0.2) is 17.7 Å². The van der Waals surface area contributed by atoms with Gasteiger partial charge in [0.2, 0.25) is 0 Å². The fraction of sp³-hybridized carbons (Fsp3) is 0.286. The van der Waals surface area contributed by atoms with Crippen LogP contribution in [0.25, 0.3) is 0 Å². The summed E-state index contributed by atoms with van der Waals surface area (Å²) in [5.41, 5.74) is 1.79. The molecule has 0 bridgehead atoms. The van der Waals surface area contributed by atoms with Gasteiger partial charge in [-0.25, -0.2) is 9.78 Å². The van der Waals surface area contributed by atoms with Crippen LogP contribution in [0.3, 0.4) is 0 Å². The predicted molar refractivity (Wildman–Crippen MR) is 77.0 cm³/mol. The molecule has 118 valence electrons. The van der Waals surface area contributed by atoms with Gasteiger partial charge in [-0.1, -0.05) is 6.07 Å². The first-order valence-electron chi connectivity index (χ1n) is 6.36. The summed E-state index contributed by atoms with van der Waals surface area (Å²) >= 11 is 1.46. The smallest absolute Gasteiger partial charge is 0.416 e. The van der Waals surface area contributed by atoms with Crippen molar-refractivity contribution in [2.45, 2.75) is 19.5 Å². The molecule has 0 aliphatic rings.